The third-order valence-electron chi connectivity index (χ3n) is 4.00. The van der Waals surface area contributed by atoms with Crippen LogP contribution in [-0.2, 0) is 26.7 Å². The number of nitrogens with zero attached hydrogens (tertiary/aromatic N) is 1. The van der Waals surface area contributed by atoms with E-state index in [-0.39, 0.29) is 26.7 Å². The molecule has 4 rings (SSSR count). The summed E-state index contributed by atoms with van der Waals surface area (Å²) in [7, 11) is 1.60. The van der Waals surface area contributed by atoms with Crippen molar-refractivity contribution in [3.05, 3.63) is 59.2 Å². The Morgan fingerprint density at radius 3 is 2.78 bits per heavy atom. The molecule has 1 heterocycles. The molecular formula is C19H14IrNO2-. The van der Waals surface area contributed by atoms with E-state index in [4.69, 9.17) is 9.72 Å². The first kappa shape index (κ1) is 15.9. The molecule has 3 aromatic rings. The Morgan fingerprint density at radius 1 is 1.17 bits per heavy atom. The van der Waals surface area contributed by atoms with E-state index in [0.717, 1.165) is 27.9 Å². The number of aliphatic hydroxyl groups excluding tert-OH is 1. The molecule has 0 saturated carbocycles. The summed E-state index contributed by atoms with van der Waals surface area (Å²) >= 11 is 0. The maximum absolute atomic E-state index is 9.63. The number of methoxy groups -OCH3 is 1. The predicted molar refractivity (Wildman–Crippen MR) is 87.4 cm³/mol. The molecule has 117 valence electrons. The fraction of sp³-hybridized carbons (Fsp3) is 0.105. The van der Waals surface area contributed by atoms with E-state index >= 15 is 0 Å². The Balaban J connectivity index is 0.00000156. The van der Waals surface area contributed by atoms with Crippen LogP contribution in [0.1, 0.15) is 16.7 Å². The molecule has 23 heavy (non-hydrogen) atoms. The SMILES string of the molecule is COc1c[c-]c(-c2cc3c4c(cccc4n2)C=C3)c(CO)c1.[Ir]. The zero-order chi connectivity index (χ0) is 15.1. The van der Waals surface area contributed by atoms with Crippen LogP contribution in [0, 0.1) is 6.07 Å². The van der Waals surface area contributed by atoms with Gasteiger partial charge in [0.15, 0.2) is 0 Å². The van der Waals surface area contributed by atoms with E-state index in [1.807, 2.05) is 24.3 Å². The summed E-state index contributed by atoms with van der Waals surface area (Å²) in [6.07, 6.45) is 4.21. The van der Waals surface area contributed by atoms with Crippen LogP contribution in [0.3, 0.4) is 0 Å². The van der Waals surface area contributed by atoms with E-state index in [0.29, 0.717) is 5.75 Å². The molecule has 0 spiro atoms. The Kier molecular flexibility index (Phi) is 4.31. The summed E-state index contributed by atoms with van der Waals surface area (Å²) in [5, 5.41) is 10.8. The molecule has 0 atom stereocenters. The molecule has 4 heteroatoms. The van der Waals surface area contributed by atoms with Gasteiger partial charge in [-0.25, -0.2) is 0 Å². The van der Waals surface area contributed by atoms with Crippen molar-refractivity contribution in [3.63, 3.8) is 0 Å². The third kappa shape index (κ3) is 2.59. The van der Waals surface area contributed by atoms with Gasteiger partial charge in [-0.1, -0.05) is 42.0 Å². The van der Waals surface area contributed by atoms with E-state index < -0.39 is 0 Å². The summed E-state index contributed by atoms with van der Waals surface area (Å²) in [6.45, 7) is -0.0754. The van der Waals surface area contributed by atoms with Gasteiger partial charge in [0.2, 0.25) is 0 Å². The number of hydrogen-bond acceptors (Lipinski definition) is 3. The van der Waals surface area contributed by atoms with Crippen LogP contribution >= 0.6 is 0 Å². The Morgan fingerprint density at radius 2 is 2.00 bits per heavy atom. The quantitative estimate of drug-likeness (QED) is 0.455. The van der Waals surface area contributed by atoms with Crippen LogP contribution in [0.4, 0.5) is 0 Å². The number of hydrogen-bond donors (Lipinski definition) is 1. The Labute approximate surface area is 148 Å². The molecule has 0 unspecified atom stereocenters. The predicted octanol–water partition coefficient (Wildman–Crippen LogP) is 3.68. The average Bonchev–Trinajstić information content (AvgIpc) is 2.99. The summed E-state index contributed by atoms with van der Waals surface area (Å²) in [5.74, 6) is 0.681. The number of rotatable bonds is 3. The maximum Gasteiger partial charge on any atom is 0.0647 e. The zero-order valence-electron chi connectivity index (χ0n) is 12.5. The van der Waals surface area contributed by atoms with Gasteiger partial charge in [-0.15, -0.1) is 17.7 Å². The molecule has 0 saturated heterocycles. The van der Waals surface area contributed by atoms with Crippen molar-refractivity contribution in [3.8, 4) is 17.0 Å². The average molecular weight is 481 g/mol. The molecule has 0 fully saturated rings. The maximum atomic E-state index is 9.63. The smallest absolute Gasteiger partial charge is 0.0647 e. The molecule has 1 aliphatic carbocycles. The van der Waals surface area contributed by atoms with Gasteiger partial charge in [0.1, 0.15) is 0 Å². The van der Waals surface area contributed by atoms with Crippen molar-refractivity contribution < 1.29 is 29.9 Å². The number of benzene rings is 2. The van der Waals surface area contributed by atoms with Crippen molar-refractivity contribution >= 4 is 23.1 Å². The van der Waals surface area contributed by atoms with Crippen LogP contribution < -0.4 is 4.74 Å². The minimum absolute atomic E-state index is 0. The second-order valence-electron chi connectivity index (χ2n) is 5.27. The summed E-state index contributed by atoms with van der Waals surface area (Å²) < 4.78 is 5.20. The van der Waals surface area contributed by atoms with Crippen molar-refractivity contribution in [1.29, 1.82) is 0 Å². The molecule has 1 radical (unpaired) electrons. The number of ether oxygens (including phenoxy) is 1. The minimum Gasteiger partial charge on any atom is -0.540 e. The molecule has 1 aliphatic rings. The van der Waals surface area contributed by atoms with Crippen LogP contribution in [0.5, 0.6) is 5.75 Å². The molecule has 0 bridgehead atoms. The second kappa shape index (κ2) is 6.25. The topological polar surface area (TPSA) is 42.4 Å². The van der Waals surface area contributed by atoms with Gasteiger partial charge < -0.3 is 9.84 Å². The molecule has 2 aromatic carbocycles. The van der Waals surface area contributed by atoms with Gasteiger partial charge in [-0.2, -0.15) is 0 Å². The molecule has 0 amide bonds. The Hall–Kier alpha value is -2.00. The van der Waals surface area contributed by atoms with Gasteiger partial charge in [0.05, 0.1) is 12.6 Å². The third-order valence-corrected chi connectivity index (χ3v) is 4.00. The Bertz CT molecular complexity index is 919. The van der Waals surface area contributed by atoms with Crippen LogP contribution in [0.15, 0.2) is 36.4 Å². The first-order valence-corrected chi connectivity index (χ1v) is 7.12. The van der Waals surface area contributed by atoms with E-state index in [1.54, 1.807) is 13.2 Å². The van der Waals surface area contributed by atoms with Crippen LogP contribution in [0.25, 0.3) is 34.3 Å². The largest absolute Gasteiger partial charge is 0.540 e. The number of pyridine rings is 1. The molecule has 3 nitrogen and oxygen atoms in total. The normalized spacial score (nSPS) is 11.6. The first-order valence-electron chi connectivity index (χ1n) is 7.12. The van der Waals surface area contributed by atoms with E-state index in [9.17, 15) is 5.11 Å². The standard InChI is InChI=1S/C19H14NO2.Ir/c1-22-15-7-8-16(14(9-15)11-21)18-10-13-6-5-12-3-2-4-17(20-18)19(12)13;/h2-7,9-10,21H,11H2,1H3;/q-1;. The van der Waals surface area contributed by atoms with Gasteiger partial charge in [-0.3, -0.25) is 4.98 Å². The van der Waals surface area contributed by atoms with Gasteiger partial charge in [0, 0.05) is 37.8 Å². The molecule has 1 aromatic heterocycles. The summed E-state index contributed by atoms with van der Waals surface area (Å²) in [5.41, 5.74) is 5.71. The summed E-state index contributed by atoms with van der Waals surface area (Å²) in [6, 6.07) is 14.9. The monoisotopic (exact) mass is 481 g/mol. The second-order valence-corrected chi connectivity index (χ2v) is 5.27. The first-order chi connectivity index (χ1) is 10.8. The van der Waals surface area contributed by atoms with Crippen LogP contribution in [-0.4, -0.2) is 17.2 Å². The van der Waals surface area contributed by atoms with Gasteiger partial charge in [-0.05, 0) is 22.9 Å². The number of aliphatic hydroxyl groups is 1. The van der Waals surface area contributed by atoms with Crippen molar-refractivity contribution in [2.75, 3.05) is 7.11 Å². The van der Waals surface area contributed by atoms with Gasteiger partial charge in [0.25, 0.3) is 0 Å². The fourth-order valence-corrected chi connectivity index (χ4v) is 2.93. The minimum atomic E-state index is -0.0754. The van der Waals surface area contributed by atoms with E-state index in [2.05, 4.69) is 24.3 Å². The van der Waals surface area contributed by atoms with Crippen LogP contribution in [0.2, 0.25) is 0 Å². The van der Waals surface area contributed by atoms with Crippen molar-refractivity contribution in [2.45, 2.75) is 6.61 Å². The van der Waals surface area contributed by atoms with Crippen molar-refractivity contribution in [2.24, 2.45) is 0 Å². The fourth-order valence-electron chi connectivity index (χ4n) is 2.93. The van der Waals surface area contributed by atoms with Crippen molar-refractivity contribution in [1.82, 2.24) is 4.98 Å². The number of aromatic nitrogens is 1. The van der Waals surface area contributed by atoms with E-state index in [1.165, 1.54) is 10.9 Å². The van der Waals surface area contributed by atoms with Gasteiger partial charge >= 0.3 is 0 Å². The summed E-state index contributed by atoms with van der Waals surface area (Å²) in [4.78, 5) is 4.75. The molecule has 1 N–H and O–H groups in total. The molecular weight excluding hydrogens is 466 g/mol. The molecule has 0 aliphatic heterocycles. The zero-order valence-corrected chi connectivity index (χ0v) is 14.9.